The molecule has 1 unspecified atom stereocenters. The van der Waals surface area contributed by atoms with Crippen LogP contribution in [-0.2, 0) is 24.1 Å². The van der Waals surface area contributed by atoms with Crippen molar-refractivity contribution in [2.75, 3.05) is 13.6 Å². The summed E-state index contributed by atoms with van der Waals surface area (Å²) in [5.41, 5.74) is 4.30. The van der Waals surface area contributed by atoms with Gasteiger partial charge in [0.05, 0.1) is 0 Å². The average Bonchev–Trinajstić information content (AvgIpc) is 2.82. The van der Waals surface area contributed by atoms with E-state index in [0.29, 0.717) is 0 Å². The summed E-state index contributed by atoms with van der Waals surface area (Å²) in [5.74, 6) is -0.758. The van der Waals surface area contributed by atoms with Crippen LogP contribution in [0.2, 0.25) is 0 Å². The minimum atomic E-state index is -0.758. The number of hydrogen-bond donors (Lipinski definition) is 1. The summed E-state index contributed by atoms with van der Waals surface area (Å²) in [6, 6.07) is 6.29. The summed E-state index contributed by atoms with van der Waals surface area (Å²) in [7, 11) is 1.87. The highest BCUT2D eigenvalue weighted by Crippen LogP contribution is 2.23. The fourth-order valence-corrected chi connectivity index (χ4v) is 2.47. The molecule has 0 heterocycles. The van der Waals surface area contributed by atoms with Gasteiger partial charge in [0.1, 0.15) is 6.04 Å². The normalized spacial score (nSPS) is 15.7. The van der Waals surface area contributed by atoms with Crippen molar-refractivity contribution in [1.29, 1.82) is 0 Å². The molecule has 0 spiro atoms. The molecule has 0 aromatic heterocycles. The van der Waals surface area contributed by atoms with Gasteiger partial charge in [0.2, 0.25) is 0 Å². The van der Waals surface area contributed by atoms with Crippen molar-refractivity contribution in [3.63, 3.8) is 0 Å². The largest absolute Gasteiger partial charge is 0.480 e. The van der Waals surface area contributed by atoms with E-state index in [4.69, 9.17) is 5.11 Å². The number of hydrogen-bond acceptors (Lipinski definition) is 2. The fourth-order valence-electron chi connectivity index (χ4n) is 2.47. The molecule has 0 bridgehead atoms. The second kappa shape index (κ2) is 5.53. The molecule has 0 fully saturated rings. The van der Waals surface area contributed by atoms with E-state index in [1.165, 1.54) is 36.0 Å². The van der Waals surface area contributed by atoms with E-state index in [1.54, 1.807) is 6.92 Å². The summed E-state index contributed by atoms with van der Waals surface area (Å²) >= 11 is 0. The number of carboxylic acids is 1. The molecule has 1 aromatic rings. The molecule has 2 rings (SSSR count). The van der Waals surface area contributed by atoms with Gasteiger partial charge >= 0.3 is 5.97 Å². The number of likely N-dealkylation sites (N-methyl/N-ethyl adjacent to an activating group) is 1. The summed E-state index contributed by atoms with van der Waals surface area (Å²) < 4.78 is 0. The number of aryl methyl sites for hydroxylation is 2. The highest BCUT2D eigenvalue weighted by atomic mass is 16.4. The van der Waals surface area contributed by atoms with Crippen molar-refractivity contribution < 1.29 is 9.90 Å². The zero-order valence-electron chi connectivity index (χ0n) is 11.1. The van der Waals surface area contributed by atoms with E-state index < -0.39 is 12.0 Å². The van der Waals surface area contributed by atoms with Gasteiger partial charge in [-0.2, -0.15) is 0 Å². The molecule has 3 heteroatoms. The Labute approximate surface area is 108 Å². The quantitative estimate of drug-likeness (QED) is 0.866. The van der Waals surface area contributed by atoms with E-state index in [2.05, 4.69) is 18.2 Å². The Kier molecular flexibility index (Phi) is 4.02. The molecule has 0 amide bonds. The van der Waals surface area contributed by atoms with Crippen LogP contribution in [0.4, 0.5) is 0 Å². The first-order valence-corrected chi connectivity index (χ1v) is 6.61. The fraction of sp³-hybridized carbons (Fsp3) is 0.533. The number of benzene rings is 1. The topological polar surface area (TPSA) is 40.5 Å². The Morgan fingerprint density at radius 1 is 1.39 bits per heavy atom. The Balaban J connectivity index is 1.92. The van der Waals surface area contributed by atoms with E-state index in [1.807, 2.05) is 11.9 Å². The lowest BCUT2D eigenvalue weighted by Crippen LogP contribution is -2.37. The van der Waals surface area contributed by atoms with Crippen molar-refractivity contribution in [2.24, 2.45) is 0 Å². The lowest BCUT2D eigenvalue weighted by molar-refractivity contribution is -0.142. The molecule has 1 aliphatic rings. The maximum Gasteiger partial charge on any atom is 0.320 e. The predicted octanol–water partition coefficient (Wildman–Crippen LogP) is 2.12. The smallest absolute Gasteiger partial charge is 0.320 e. The molecule has 1 N–H and O–H groups in total. The van der Waals surface area contributed by atoms with Gasteiger partial charge in [-0.05, 0) is 56.3 Å². The van der Waals surface area contributed by atoms with Crippen LogP contribution < -0.4 is 0 Å². The van der Waals surface area contributed by atoms with Gasteiger partial charge in [-0.15, -0.1) is 0 Å². The van der Waals surface area contributed by atoms with E-state index in [-0.39, 0.29) is 0 Å². The maximum absolute atomic E-state index is 10.9. The van der Waals surface area contributed by atoms with Crippen LogP contribution in [0.3, 0.4) is 0 Å². The van der Waals surface area contributed by atoms with Crippen molar-refractivity contribution in [3.8, 4) is 0 Å². The first-order valence-electron chi connectivity index (χ1n) is 6.61. The van der Waals surface area contributed by atoms with Crippen molar-refractivity contribution in [3.05, 3.63) is 34.9 Å². The first-order chi connectivity index (χ1) is 8.58. The lowest BCUT2D eigenvalue weighted by atomic mass is 10.0. The summed E-state index contributed by atoms with van der Waals surface area (Å²) in [5, 5.41) is 8.93. The molecule has 0 aliphatic heterocycles. The van der Waals surface area contributed by atoms with Crippen LogP contribution in [0.1, 0.15) is 30.0 Å². The summed E-state index contributed by atoms with van der Waals surface area (Å²) in [6.07, 6.45) is 4.60. The van der Waals surface area contributed by atoms with Gasteiger partial charge in [-0.3, -0.25) is 9.69 Å². The molecule has 0 radical (unpaired) electrons. The number of carboxylic acid groups (broad SMARTS) is 1. The average molecular weight is 247 g/mol. The van der Waals surface area contributed by atoms with E-state index >= 15 is 0 Å². The number of fused-ring (bicyclic) bond motifs is 1. The van der Waals surface area contributed by atoms with E-state index in [0.717, 1.165) is 13.0 Å². The summed E-state index contributed by atoms with van der Waals surface area (Å²) in [4.78, 5) is 12.7. The highest BCUT2D eigenvalue weighted by Gasteiger charge is 2.16. The molecule has 0 saturated carbocycles. The maximum atomic E-state index is 10.9. The molecule has 98 valence electrons. The minimum absolute atomic E-state index is 0.417. The van der Waals surface area contributed by atoms with Crippen LogP contribution in [0.15, 0.2) is 18.2 Å². The lowest BCUT2D eigenvalue weighted by Gasteiger charge is -2.21. The Morgan fingerprint density at radius 2 is 2.11 bits per heavy atom. The van der Waals surface area contributed by atoms with Crippen LogP contribution in [-0.4, -0.2) is 35.6 Å². The van der Waals surface area contributed by atoms with Gasteiger partial charge in [-0.1, -0.05) is 18.2 Å². The van der Waals surface area contributed by atoms with Crippen LogP contribution in [0.25, 0.3) is 0 Å². The second-order valence-corrected chi connectivity index (χ2v) is 5.20. The highest BCUT2D eigenvalue weighted by molar-refractivity contribution is 5.72. The number of nitrogens with zero attached hydrogens (tertiary/aromatic N) is 1. The van der Waals surface area contributed by atoms with Crippen LogP contribution >= 0.6 is 0 Å². The third kappa shape index (κ3) is 2.91. The third-order valence-corrected chi connectivity index (χ3v) is 3.93. The number of aliphatic carboxylic acids is 1. The first kappa shape index (κ1) is 13.1. The van der Waals surface area contributed by atoms with Crippen molar-refractivity contribution in [2.45, 2.75) is 38.6 Å². The van der Waals surface area contributed by atoms with Gasteiger partial charge in [0.15, 0.2) is 0 Å². The number of carbonyl (C=O) groups is 1. The van der Waals surface area contributed by atoms with Crippen LogP contribution in [0, 0.1) is 0 Å². The monoisotopic (exact) mass is 247 g/mol. The number of rotatable bonds is 5. The zero-order chi connectivity index (χ0) is 13.1. The molecule has 1 aromatic carbocycles. The molecule has 0 saturated heterocycles. The Morgan fingerprint density at radius 3 is 2.83 bits per heavy atom. The minimum Gasteiger partial charge on any atom is -0.480 e. The van der Waals surface area contributed by atoms with Gasteiger partial charge < -0.3 is 5.11 Å². The van der Waals surface area contributed by atoms with Gasteiger partial charge in [0, 0.05) is 6.54 Å². The zero-order valence-corrected chi connectivity index (χ0v) is 11.1. The molecule has 3 nitrogen and oxygen atoms in total. The molecular formula is C15H21NO2. The van der Waals surface area contributed by atoms with Crippen molar-refractivity contribution in [1.82, 2.24) is 4.90 Å². The Hall–Kier alpha value is -1.35. The summed E-state index contributed by atoms with van der Waals surface area (Å²) in [6.45, 7) is 2.51. The second-order valence-electron chi connectivity index (χ2n) is 5.20. The Bertz CT molecular complexity index is 442. The molecule has 1 aliphatic carbocycles. The van der Waals surface area contributed by atoms with Gasteiger partial charge in [0.25, 0.3) is 0 Å². The van der Waals surface area contributed by atoms with Gasteiger partial charge in [-0.25, -0.2) is 0 Å². The van der Waals surface area contributed by atoms with Crippen LogP contribution in [0.5, 0.6) is 0 Å². The molecule has 1 atom stereocenters. The van der Waals surface area contributed by atoms with E-state index in [9.17, 15) is 4.79 Å². The predicted molar refractivity (Wildman–Crippen MR) is 71.9 cm³/mol. The third-order valence-electron chi connectivity index (χ3n) is 3.93. The molecular weight excluding hydrogens is 226 g/mol. The SMILES string of the molecule is CC(C(=O)O)N(C)CCc1ccc2c(c1)CCC2. The van der Waals surface area contributed by atoms with Crippen molar-refractivity contribution >= 4 is 5.97 Å². The standard InChI is InChI=1S/C15H21NO2/c1-11(15(17)18)16(2)9-8-12-6-7-13-4-3-5-14(13)10-12/h6-7,10-11H,3-5,8-9H2,1-2H3,(H,17,18). The molecule has 18 heavy (non-hydrogen) atoms.